The molecule has 2 aromatic rings. The molecule has 1 aliphatic rings. The molecular formula is C17H23N5O2. The van der Waals surface area contributed by atoms with Crippen molar-refractivity contribution in [2.75, 3.05) is 12.4 Å². The van der Waals surface area contributed by atoms with Gasteiger partial charge in [0.2, 0.25) is 0 Å². The van der Waals surface area contributed by atoms with Crippen molar-refractivity contribution < 1.29 is 9.53 Å². The van der Waals surface area contributed by atoms with Gasteiger partial charge >= 0.3 is 6.03 Å². The second-order valence-electron chi connectivity index (χ2n) is 6.22. The number of hydrogen-bond donors (Lipinski definition) is 2. The van der Waals surface area contributed by atoms with Crippen LogP contribution in [-0.4, -0.2) is 27.9 Å². The molecule has 3 rings (SSSR count). The Morgan fingerprint density at radius 3 is 2.88 bits per heavy atom. The Kier molecular flexibility index (Phi) is 4.69. The Bertz CT molecular complexity index is 711. The van der Waals surface area contributed by atoms with Crippen LogP contribution in [0.15, 0.2) is 30.9 Å². The van der Waals surface area contributed by atoms with E-state index < -0.39 is 0 Å². The lowest BCUT2D eigenvalue weighted by Crippen LogP contribution is -2.31. The highest BCUT2D eigenvalue weighted by Crippen LogP contribution is 2.39. The predicted molar refractivity (Wildman–Crippen MR) is 91.0 cm³/mol. The highest BCUT2D eigenvalue weighted by Gasteiger charge is 2.29. The van der Waals surface area contributed by atoms with Crippen LogP contribution in [0, 0.1) is 5.92 Å². The number of nitrogens with zero attached hydrogens (tertiary/aromatic N) is 3. The lowest BCUT2D eigenvalue weighted by atomic mass is 10.1. The Morgan fingerprint density at radius 2 is 2.17 bits per heavy atom. The SMILES string of the molecule is COc1cnccc1[C@@H](C)NC(=O)Nc1cnn([C@@H](C)C2CC2)c1. The number of carbonyl (C=O) groups excluding carboxylic acids is 1. The van der Waals surface area contributed by atoms with E-state index in [2.05, 4.69) is 27.6 Å². The van der Waals surface area contributed by atoms with Crippen molar-refractivity contribution in [3.05, 3.63) is 36.4 Å². The third kappa shape index (κ3) is 3.67. The van der Waals surface area contributed by atoms with Crippen LogP contribution in [0.4, 0.5) is 10.5 Å². The number of aromatic nitrogens is 3. The molecule has 7 nitrogen and oxygen atoms in total. The van der Waals surface area contributed by atoms with E-state index >= 15 is 0 Å². The molecule has 24 heavy (non-hydrogen) atoms. The highest BCUT2D eigenvalue weighted by atomic mass is 16.5. The van der Waals surface area contributed by atoms with Crippen molar-refractivity contribution in [3.63, 3.8) is 0 Å². The Hall–Kier alpha value is -2.57. The zero-order valence-electron chi connectivity index (χ0n) is 14.2. The number of nitrogens with one attached hydrogen (secondary N) is 2. The average molecular weight is 329 g/mol. The van der Waals surface area contributed by atoms with E-state index in [1.807, 2.05) is 23.9 Å². The van der Waals surface area contributed by atoms with Crippen LogP contribution in [0.2, 0.25) is 0 Å². The molecule has 0 spiro atoms. The maximum Gasteiger partial charge on any atom is 0.319 e. The normalized spacial score (nSPS) is 16.3. The van der Waals surface area contributed by atoms with Crippen molar-refractivity contribution in [1.29, 1.82) is 0 Å². The average Bonchev–Trinajstić information content (AvgIpc) is 3.33. The van der Waals surface area contributed by atoms with E-state index in [-0.39, 0.29) is 12.1 Å². The summed E-state index contributed by atoms with van der Waals surface area (Å²) in [5, 5.41) is 10.1. The number of anilines is 1. The molecule has 0 radical (unpaired) electrons. The first-order chi connectivity index (χ1) is 11.6. The molecular weight excluding hydrogens is 306 g/mol. The van der Waals surface area contributed by atoms with Crippen LogP contribution >= 0.6 is 0 Å². The van der Waals surface area contributed by atoms with E-state index in [4.69, 9.17) is 4.74 Å². The first kappa shape index (κ1) is 16.3. The van der Waals surface area contributed by atoms with E-state index in [0.717, 1.165) is 5.56 Å². The summed E-state index contributed by atoms with van der Waals surface area (Å²) in [4.78, 5) is 16.2. The molecule has 2 aromatic heterocycles. The molecule has 7 heteroatoms. The second kappa shape index (κ2) is 6.90. The van der Waals surface area contributed by atoms with Gasteiger partial charge in [-0.25, -0.2) is 4.79 Å². The number of pyridine rings is 1. The smallest absolute Gasteiger partial charge is 0.319 e. The van der Waals surface area contributed by atoms with Crippen LogP contribution in [0.5, 0.6) is 5.75 Å². The molecule has 2 amide bonds. The van der Waals surface area contributed by atoms with E-state index in [9.17, 15) is 4.79 Å². The van der Waals surface area contributed by atoms with Gasteiger partial charge in [0.15, 0.2) is 0 Å². The molecule has 128 valence electrons. The summed E-state index contributed by atoms with van der Waals surface area (Å²) in [6.45, 7) is 4.06. The minimum absolute atomic E-state index is 0.205. The molecule has 0 bridgehead atoms. The van der Waals surface area contributed by atoms with Gasteiger partial charge in [0, 0.05) is 18.0 Å². The fourth-order valence-electron chi connectivity index (χ4n) is 2.78. The van der Waals surface area contributed by atoms with Gasteiger partial charge in [-0.1, -0.05) is 0 Å². The third-order valence-corrected chi connectivity index (χ3v) is 4.43. The van der Waals surface area contributed by atoms with Crippen LogP contribution in [0.25, 0.3) is 0 Å². The lowest BCUT2D eigenvalue weighted by molar-refractivity contribution is 0.249. The largest absolute Gasteiger partial charge is 0.495 e. The van der Waals surface area contributed by atoms with Crippen molar-refractivity contribution in [3.8, 4) is 5.75 Å². The summed E-state index contributed by atoms with van der Waals surface area (Å²) < 4.78 is 7.20. The summed E-state index contributed by atoms with van der Waals surface area (Å²) in [5.74, 6) is 1.36. The summed E-state index contributed by atoms with van der Waals surface area (Å²) in [6.07, 6.45) is 9.38. The zero-order chi connectivity index (χ0) is 17.1. The number of rotatable bonds is 6. The van der Waals surface area contributed by atoms with Gasteiger partial charge in [-0.15, -0.1) is 0 Å². The number of amides is 2. The zero-order valence-corrected chi connectivity index (χ0v) is 14.2. The van der Waals surface area contributed by atoms with Gasteiger partial charge in [-0.05, 0) is 38.7 Å². The van der Waals surface area contributed by atoms with Crippen LogP contribution in [-0.2, 0) is 0 Å². The Labute approximate surface area is 141 Å². The number of ether oxygens (including phenoxy) is 1. The molecule has 1 fully saturated rings. The topological polar surface area (TPSA) is 81.1 Å². The van der Waals surface area contributed by atoms with Crippen molar-refractivity contribution in [2.24, 2.45) is 5.92 Å². The van der Waals surface area contributed by atoms with Gasteiger partial charge < -0.3 is 15.4 Å². The van der Waals surface area contributed by atoms with Crippen LogP contribution in [0.1, 0.15) is 44.3 Å². The predicted octanol–water partition coefficient (Wildman–Crippen LogP) is 3.14. The first-order valence-corrected chi connectivity index (χ1v) is 8.18. The van der Waals surface area contributed by atoms with E-state index in [0.29, 0.717) is 23.4 Å². The molecule has 2 N–H and O–H groups in total. The number of hydrogen-bond acceptors (Lipinski definition) is 4. The molecule has 1 saturated carbocycles. The molecule has 0 aliphatic heterocycles. The van der Waals surface area contributed by atoms with Crippen LogP contribution in [0.3, 0.4) is 0 Å². The first-order valence-electron chi connectivity index (χ1n) is 8.18. The second-order valence-corrected chi connectivity index (χ2v) is 6.22. The van der Waals surface area contributed by atoms with Crippen LogP contribution < -0.4 is 15.4 Å². The van der Waals surface area contributed by atoms with Gasteiger partial charge in [0.05, 0.1) is 37.3 Å². The number of carbonyl (C=O) groups is 1. The standard InChI is InChI=1S/C17H23N5O2/c1-11(15-6-7-18-9-16(15)24-3)20-17(23)21-14-8-19-22(10-14)12(2)13-4-5-13/h6-13H,4-5H2,1-3H3,(H2,20,21,23)/t11-,12+/m1/s1. The summed E-state index contributed by atoms with van der Waals surface area (Å²) in [7, 11) is 1.59. The summed E-state index contributed by atoms with van der Waals surface area (Å²) in [6, 6.07) is 1.73. The monoisotopic (exact) mass is 329 g/mol. The van der Waals surface area contributed by atoms with Gasteiger partial charge in [0.25, 0.3) is 0 Å². The number of methoxy groups -OCH3 is 1. The molecule has 0 saturated heterocycles. The van der Waals surface area contributed by atoms with E-state index in [1.165, 1.54) is 12.8 Å². The Balaban J connectivity index is 1.59. The molecule has 2 atom stereocenters. The quantitative estimate of drug-likeness (QED) is 0.853. The third-order valence-electron chi connectivity index (χ3n) is 4.43. The number of urea groups is 1. The Morgan fingerprint density at radius 1 is 1.38 bits per heavy atom. The molecule has 1 aliphatic carbocycles. The maximum atomic E-state index is 12.2. The minimum Gasteiger partial charge on any atom is -0.495 e. The van der Waals surface area contributed by atoms with E-state index in [1.54, 1.807) is 25.7 Å². The lowest BCUT2D eigenvalue weighted by Gasteiger charge is -2.17. The molecule has 2 heterocycles. The van der Waals surface area contributed by atoms with Crippen molar-refractivity contribution >= 4 is 11.7 Å². The summed E-state index contributed by atoms with van der Waals surface area (Å²) >= 11 is 0. The van der Waals surface area contributed by atoms with Gasteiger partial charge in [0.1, 0.15) is 5.75 Å². The maximum absolute atomic E-state index is 12.2. The molecule has 0 unspecified atom stereocenters. The summed E-state index contributed by atoms with van der Waals surface area (Å²) in [5.41, 5.74) is 1.56. The van der Waals surface area contributed by atoms with Crippen molar-refractivity contribution in [1.82, 2.24) is 20.1 Å². The fourth-order valence-corrected chi connectivity index (χ4v) is 2.78. The fraction of sp³-hybridized carbons (Fsp3) is 0.471. The minimum atomic E-state index is -0.278. The highest BCUT2D eigenvalue weighted by molar-refractivity contribution is 5.89. The van der Waals surface area contributed by atoms with Crippen molar-refractivity contribution in [2.45, 2.75) is 38.8 Å². The van der Waals surface area contributed by atoms with Gasteiger partial charge in [-0.3, -0.25) is 9.67 Å². The molecule has 0 aromatic carbocycles. The van der Waals surface area contributed by atoms with Gasteiger partial charge in [-0.2, -0.15) is 5.10 Å².